The molecule has 3 rings (SSSR count). The first-order valence-electron chi connectivity index (χ1n) is 7.01. The molecule has 2 aromatic carbocycles. The van der Waals surface area contributed by atoms with Gasteiger partial charge in [0.2, 0.25) is 0 Å². The van der Waals surface area contributed by atoms with Crippen molar-refractivity contribution in [3.8, 4) is 0 Å². The SMILES string of the molecule is CC(NC(C)c1ccccc1Cl)c1nc2ccccc2s1. The van der Waals surface area contributed by atoms with Crippen LogP contribution >= 0.6 is 22.9 Å². The number of para-hydroxylation sites is 1. The van der Waals surface area contributed by atoms with Crippen molar-refractivity contribution in [3.63, 3.8) is 0 Å². The first kappa shape index (κ1) is 14.5. The predicted octanol–water partition coefficient (Wildman–Crippen LogP) is 5.36. The molecule has 0 bridgehead atoms. The van der Waals surface area contributed by atoms with Crippen LogP contribution in [0.1, 0.15) is 36.5 Å². The molecule has 1 aromatic heterocycles. The number of fused-ring (bicyclic) bond motifs is 1. The van der Waals surface area contributed by atoms with E-state index in [1.165, 1.54) is 4.70 Å². The van der Waals surface area contributed by atoms with Crippen LogP contribution < -0.4 is 5.32 Å². The summed E-state index contributed by atoms with van der Waals surface area (Å²) in [6.45, 7) is 4.27. The Labute approximate surface area is 133 Å². The van der Waals surface area contributed by atoms with Crippen LogP contribution in [0.5, 0.6) is 0 Å². The molecule has 0 aliphatic heterocycles. The first-order valence-corrected chi connectivity index (χ1v) is 8.20. The minimum Gasteiger partial charge on any atom is -0.301 e. The number of aromatic nitrogens is 1. The Balaban J connectivity index is 1.79. The number of nitrogens with zero attached hydrogens (tertiary/aromatic N) is 1. The van der Waals surface area contributed by atoms with Gasteiger partial charge in [0.15, 0.2) is 0 Å². The van der Waals surface area contributed by atoms with Crippen LogP contribution in [0.25, 0.3) is 10.2 Å². The first-order chi connectivity index (χ1) is 10.1. The molecule has 2 nitrogen and oxygen atoms in total. The third-order valence-electron chi connectivity index (χ3n) is 3.55. The van der Waals surface area contributed by atoms with Crippen LogP contribution in [-0.2, 0) is 0 Å². The maximum absolute atomic E-state index is 6.26. The maximum atomic E-state index is 6.26. The van der Waals surface area contributed by atoms with Crippen molar-refractivity contribution in [2.75, 3.05) is 0 Å². The van der Waals surface area contributed by atoms with Crippen LogP contribution in [0.2, 0.25) is 5.02 Å². The normalized spacial score (nSPS) is 14.2. The lowest BCUT2D eigenvalue weighted by Crippen LogP contribution is -2.22. The number of hydrogen-bond donors (Lipinski definition) is 1. The summed E-state index contributed by atoms with van der Waals surface area (Å²) < 4.78 is 1.23. The molecule has 2 atom stereocenters. The summed E-state index contributed by atoms with van der Waals surface area (Å²) in [4.78, 5) is 4.70. The molecule has 0 amide bonds. The third-order valence-corrected chi connectivity index (χ3v) is 5.12. The fourth-order valence-corrected chi connectivity index (χ4v) is 3.72. The van der Waals surface area contributed by atoms with Crippen molar-refractivity contribution in [1.29, 1.82) is 0 Å². The van der Waals surface area contributed by atoms with Crippen LogP contribution in [0, 0.1) is 0 Å². The van der Waals surface area contributed by atoms with Gasteiger partial charge in [0, 0.05) is 11.1 Å². The van der Waals surface area contributed by atoms with E-state index in [-0.39, 0.29) is 12.1 Å². The largest absolute Gasteiger partial charge is 0.301 e. The average molecular weight is 317 g/mol. The van der Waals surface area contributed by atoms with E-state index in [4.69, 9.17) is 16.6 Å². The highest BCUT2D eigenvalue weighted by Gasteiger charge is 2.16. The van der Waals surface area contributed by atoms with Crippen molar-refractivity contribution in [2.45, 2.75) is 25.9 Å². The molecular formula is C17H17ClN2S. The van der Waals surface area contributed by atoms with Gasteiger partial charge in [0.25, 0.3) is 0 Å². The number of thiazole rings is 1. The summed E-state index contributed by atoms with van der Waals surface area (Å²) in [5.74, 6) is 0. The third kappa shape index (κ3) is 3.10. The van der Waals surface area contributed by atoms with Gasteiger partial charge in [-0.25, -0.2) is 4.98 Å². The van der Waals surface area contributed by atoms with Crippen molar-refractivity contribution in [2.24, 2.45) is 0 Å². The molecule has 0 saturated carbocycles. The lowest BCUT2D eigenvalue weighted by atomic mass is 10.1. The van der Waals surface area contributed by atoms with Crippen LogP contribution in [0.15, 0.2) is 48.5 Å². The number of nitrogens with one attached hydrogen (secondary N) is 1. The molecule has 3 aromatic rings. The second-order valence-electron chi connectivity index (χ2n) is 5.15. The highest BCUT2D eigenvalue weighted by Crippen LogP contribution is 2.29. The van der Waals surface area contributed by atoms with Crippen molar-refractivity contribution >= 4 is 33.2 Å². The van der Waals surface area contributed by atoms with Gasteiger partial charge in [-0.3, -0.25) is 0 Å². The second-order valence-corrected chi connectivity index (χ2v) is 6.62. The van der Waals surface area contributed by atoms with E-state index >= 15 is 0 Å². The van der Waals surface area contributed by atoms with E-state index in [0.717, 1.165) is 21.1 Å². The fourth-order valence-electron chi connectivity index (χ4n) is 2.44. The summed E-state index contributed by atoms with van der Waals surface area (Å²) >= 11 is 8.00. The Hall–Kier alpha value is -1.42. The van der Waals surface area contributed by atoms with Crippen molar-refractivity contribution < 1.29 is 0 Å². The summed E-state index contributed by atoms with van der Waals surface area (Å²) in [5, 5.41) is 5.48. The molecule has 1 N–H and O–H groups in total. The predicted molar refractivity (Wildman–Crippen MR) is 91.0 cm³/mol. The Morgan fingerprint density at radius 1 is 1.00 bits per heavy atom. The van der Waals surface area contributed by atoms with Gasteiger partial charge >= 0.3 is 0 Å². The molecule has 4 heteroatoms. The van der Waals surface area contributed by atoms with Gasteiger partial charge in [-0.05, 0) is 37.6 Å². The Morgan fingerprint density at radius 3 is 2.48 bits per heavy atom. The molecule has 1 heterocycles. The van der Waals surface area contributed by atoms with E-state index < -0.39 is 0 Å². The molecule has 0 radical (unpaired) electrons. The number of benzene rings is 2. The van der Waals surface area contributed by atoms with Crippen LogP contribution in [-0.4, -0.2) is 4.98 Å². The summed E-state index contributed by atoms with van der Waals surface area (Å²) in [7, 11) is 0. The highest BCUT2D eigenvalue weighted by molar-refractivity contribution is 7.18. The molecule has 0 fully saturated rings. The molecule has 0 aliphatic carbocycles. The smallest absolute Gasteiger partial charge is 0.111 e. The van der Waals surface area contributed by atoms with Crippen LogP contribution in [0.4, 0.5) is 0 Å². The average Bonchev–Trinajstić information content (AvgIpc) is 2.91. The highest BCUT2D eigenvalue weighted by atomic mass is 35.5. The van der Waals surface area contributed by atoms with E-state index in [0.29, 0.717) is 0 Å². The topological polar surface area (TPSA) is 24.9 Å². The molecule has 21 heavy (non-hydrogen) atoms. The molecular weight excluding hydrogens is 300 g/mol. The zero-order valence-electron chi connectivity index (χ0n) is 12.0. The number of hydrogen-bond acceptors (Lipinski definition) is 3. The number of halogens is 1. The summed E-state index contributed by atoms with van der Waals surface area (Å²) in [6.07, 6.45) is 0. The van der Waals surface area contributed by atoms with E-state index in [9.17, 15) is 0 Å². The molecule has 2 unspecified atom stereocenters. The Kier molecular flexibility index (Phi) is 4.24. The summed E-state index contributed by atoms with van der Waals surface area (Å²) in [6, 6.07) is 16.6. The molecule has 108 valence electrons. The molecule has 0 saturated heterocycles. The minimum atomic E-state index is 0.181. The van der Waals surface area contributed by atoms with E-state index in [2.05, 4.69) is 43.4 Å². The van der Waals surface area contributed by atoms with Gasteiger partial charge in [0.05, 0.1) is 16.3 Å². The number of rotatable bonds is 4. The minimum absolute atomic E-state index is 0.181. The van der Waals surface area contributed by atoms with Crippen molar-refractivity contribution in [1.82, 2.24) is 10.3 Å². The van der Waals surface area contributed by atoms with Gasteiger partial charge < -0.3 is 5.32 Å². The molecule has 0 aliphatic rings. The van der Waals surface area contributed by atoms with E-state index in [1.807, 2.05) is 24.3 Å². The quantitative estimate of drug-likeness (QED) is 0.700. The zero-order chi connectivity index (χ0) is 14.8. The molecule has 0 spiro atoms. The fraction of sp³-hybridized carbons (Fsp3) is 0.235. The second kappa shape index (κ2) is 6.14. The maximum Gasteiger partial charge on any atom is 0.111 e. The van der Waals surface area contributed by atoms with Gasteiger partial charge in [0.1, 0.15) is 5.01 Å². The van der Waals surface area contributed by atoms with Crippen LogP contribution in [0.3, 0.4) is 0 Å². The Bertz CT molecular complexity index is 720. The van der Waals surface area contributed by atoms with Crippen molar-refractivity contribution in [3.05, 3.63) is 64.1 Å². The van der Waals surface area contributed by atoms with Gasteiger partial charge in [-0.2, -0.15) is 0 Å². The lowest BCUT2D eigenvalue weighted by Gasteiger charge is -2.19. The van der Waals surface area contributed by atoms with Gasteiger partial charge in [-0.1, -0.05) is 41.9 Å². The lowest BCUT2D eigenvalue weighted by molar-refractivity contribution is 0.494. The monoisotopic (exact) mass is 316 g/mol. The van der Waals surface area contributed by atoms with E-state index in [1.54, 1.807) is 11.3 Å². The standard InChI is InChI=1S/C17H17ClN2S/c1-11(13-7-3-4-8-14(13)18)19-12(2)17-20-15-9-5-6-10-16(15)21-17/h3-12,19H,1-2H3. The zero-order valence-corrected chi connectivity index (χ0v) is 13.6. The Morgan fingerprint density at radius 2 is 1.71 bits per heavy atom. The summed E-state index contributed by atoms with van der Waals surface area (Å²) in [5.41, 5.74) is 2.18. The van der Waals surface area contributed by atoms with Gasteiger partial charge in [-0.15, -0.1) is 11.3 Å².